The van der Waals surface area contributed by atoms with Gasteiger partial charge in [-0.15, -0.1) is 0 Å². The van der Waals surface area contributed by atoms with Gasteiger partial charge in [0.05, 0.1) is 17.2 Å². The number of carboxylic acids is 1. The molecule has 2 heterocycles. The van der Waals surface area contributed by atoms with Crippen LogP contribution in [0.15, 0.2) is 28.8 Å². The van der Waals surface area contributed by atoms with Crippen molar-refractivity contribution in [2.75, 3.05) is 6.61 Å². The lowest BCUT2D eigenvalue weighted by molar-refractivity contribution is 0.0153. The van der Waals surface area contributed by atoms with E-state index in [0.717, 1.165) is 25.9 Å². The zero-order valence-electron chi connectivity index (χ0n) is 11.5. The Balaban J connectivity index is 1.80. The zero-order valence-corrected chi connectivity index (χ0v) is 11.5. The average Bonchev–Trinajstić information content (AvgIpc) is 2.96. The van der Waals surface area contributed by atoms with E-state index in [4.69, 9.17) is 9.26 Å². The summed E-state index contributed by atoms with van der Waals surface area (Å²) in [6.45, 7) is 0.775. The third-order valence-electron chi connectivity index (χ3n) is 3.54. The van der Waals surface area contributed by atoms with Crippen LogP contribution in [-0.4, -0.2) is 33.9 Å². The predicted octanol–water partition coefficient (Wildman–Crippen LogP) is 2.55. The molecule has 3 rings (SSSR count). The van der Waals surface area contributed by atoms with Gasteiger partial charge in [0.25, 0.3) is 5.89 Å². The molecule has 0 saturated carbocycles. The van der Waals surface area contributed by atoms with Gasteiger partial charge in [-0.3, -0.25) is 0 Å². The SMILES string of the molecule is O=C(O)c1ccccc1-c1nc(CC2CCCCO2)no1. The van der Waals surface area contributed by atoms with Crippen molar-refractivity contribution < 1.29 is 19.2 Å². The number of aromatic carboxylic acids is 1. The molecule has 1 unspecified atom stereocenters. The minimum absolute atomic E-state index is 0.124. The summed E-state index contributed by atoms with van der Waals surface area (Å²) in [5, 5.41) is 13.1. The van der Waals surface area contributed by atoms with Gasteiger partial charge >= 0.3 is 5.97 Å². The van der Waals surface area contributed by atoms with Crippen molar-refractivity contribution in [1.82, 2.24) is 10.1 Å². The van der Waals surface area contributed by atoms with E-state index < -0.39 is 5.97 Å². The van der Waals surface area contributed by atoms with Crippen LogP contribution in [0.4, 0.5) is 0 Å². The minimum atomic E-state index is -1.01. The molecule has 0 aliphatic carbocycles. The van der Waals surface area contributed by atoms with Gasteiger partial charge in [-0.1, -0.05) is 17.3 Å². The van der Waals surface area contributed by atoms with E-state index in [1.807, 2.05) is 0 Å². The Morgan fingerprint density at radius 2 is 2.19 bits per heavy atom. The summed E-state index contributed by atoms with van der Waals surface area (Å²) in [6.07, 6.45) is 3.96. The molecule has 21 heavy (non-hydrogen) atoms. The van der Waals surface area contributed by atoms with E-state index in [9.17, 15) is 9.90 Å². The molecule has 6 heteroatoms. The summed E-state index contributed by atoms with van der Waals surface area (Å²) in [5.74, 6) is -0.225. The maximum atomic E-state index is 11.2. The number of ether oxygens (including phenoxy) is 1. The summed E-state index contributed by atoms with van der Waals surface area (Å²) in [6, 6.07) is 6.60. The van der Waals surface area contributed by atoms with Gasteiger partial charge in [-0.05, 0) is 31.4 Å². The third kappa shape index (κ3) is 3.11. The van der Waals surface area contributed by atoms with E-state index in [-0.39, 0.29) is 17.6 Å². The number of carboxylic acid groups (broad SMARTS) is 1. The number of rotatable bonds is 4. The fourth-order valence-electron chi connectivity index (χ4n) is 2.47. The van der Waals surface area contributed by atoms with E-state index >= 15 is 0 Å². The Hall–Kier alpha value is -2.21. The molecule has 2 aromatic rings. The Morgan fingerprint density at radius 3 is 2.95 bits per heavy atom. The van der Waals surface area contributed by atoms with Crippen molar-refractivity contribution in [3.8, 4) is 11.5 Å². The minimum Gasteiger partial charge on any atom is -0.478 e. The highest BCUT2D eigenvalue weighted by Crippen LogP contribution is 2.23. The largest absolute Gasteiger partial charge is 0.478 e. The van der Waals surface area contributed by atoms with Crippen molar-refractivity contribution in [2.45, 2.75) is 31.8 Å². The number of nitrogens with zero attached hydrogens (tertiary/aromatic N) is 2. The second kappa shape index (κ2) is 6.05. The molecule has 1 aliphatic heterocycles. The van der Waals surface area contributed by atoms with E-state index in [0.29, 0.717) is 17.8 Å². The molecule has 0 amide bonds. The molecule has 1 aromatic heterocycles. The van der Waals surface area contributed by atoms with E-state index in [1.54, 1.807) is 18.2 Å². The standard InChI is InChI=1S/C15H16N2O4/c18-15(19)12-7-2-1-6-11(12)14-16-13(17-21-14)9-10-5-3-4-8-20-10/h1-2,6-7,10H,3-5,8-9H2,(H,18,19). The molecule has 6 nitrogen and oxygen atoms in total. The molecular weight excluding hydrogens is 272 g/mol. The lowest BCUT2D eigenvalue weighted by atomic mass is 10.1. The van der Waals surface area contributed by atoms with Gasteiger partial charge < -0.3 is 14.4 Å². The number of carbonyl (C=O) groups is 1. The first-order chi connectivity index (χ1) is 10.2. The summed E-state index contributed by atoms with van der Waals surface area (Å²) < 4.78 is 10.8. The van der Waals surface area contributed by atoms with Crippen molar-refractivity contribution in [1.29, 1.82) is 0 Å². The highest BCUT2D eigenvalue weighted by atomic mass is 16.5. The molecule has 0 spiro atoms. The molecule has 1 saturated heterocycles. The summed E-state index contributed by atoms with van der Waals surface area (Å²) >= 11 is 0. The van der Waals surface area contributed by atoms with Gasteiger partial charge in [0, 0.05) is 13.0 Å². The average molecular weight is 288 g/mol. The summed E-state index contributed by atoms with van der Waals surface area (Å²) in [7, 11) is 0. The fourth-order valence-corrected chi connectivity index (χ4v) is 2.47. The molecule has 0 bridgehead atoms. The highest BCUT2D eigenvalue weighted by molar-refractivity contribution is 5.94. The Kier molecular flexibility index (Phi) is 3.96. The van der Waals surface area contributed by atoms with Gasteiger partial charge in [-0.25, -0.2) is 4.79 Å². The Labute approximate surface area is 121 Å². The van der Waals surface area contributed by atoms with Crippen LogP contribution in [0.3, 0.4) is 0 Å². The number of hydrogen-bond donors (Lipinski definition) is 1. The smallest absolute Gasteiger partial charge is 0.336 e. The first kappa shape index (κ1) is 13.8. The molecule has 110 valence electrons. The molecule has 1 aliphatic rings. The second-order valence-corrected chi connectivity index (χ2v) is 5.06. The van der Waals surface area contributed by atoms with Crippen LogP contribution in [0.2, 0.25) is 0 Å². The predicted molar refractivity (Wildman–Crippen MR) is 74.0 cm³/mol. The van der Waals surface area contributed by atoms with Crippen molar-refractivity contribution in [3.05, 3.63) is 35.7 Å². The van der Waals surface area contributed by atoms with Gasteiger partial charge in [0.15, 0.2) is 5.82 Å². The van der Waals surface area contributed by atoms with Crippen LogP contribution in [0.5, 0.6) is 0 Å². The fraction of sp³-hybridized carbons (Fsp3) is 0.400. The van der Waals surface area contributed by atoms with Gasteiger partial charge in [-0.2, -0.15) is 4.98 Å². The Morgan fingerprint density at radius 1 is 1.33 bits per heavy atom. The summed E-state index contributed by atoms with van der Waals surface area (Å²) in [5.41, 5.74) is 0.593. The van der Waals surface area contributed by atoms with E-state index in [1.165, 1.54) is 6.07 Å². The monoisotopic (exact) mass is 288 g/mol. The van der Waals surface area contributed by atoms with Crippen molar-refractivity contribution in [2.24, 2.45) is 0 Å². The molecule has 1 atom stereocenters. The number of hydrogen-bond acceptors (Lipinski definition) is 5. The van der Waals surface area contributed by atoms with E-state index in [2.05, 4.69) is 10.1 Å². The normalized spacial score (nSPS) is 18.6. The van der Waals surface area contributed by atoms with Gasteiger partial charge in [0.2, 0.25) is 0 Å². The van der Waals surface area contributed by atoms with Crippen LogP contribution in [0, 0.1) is 0 Å². The molecule has 1 N–H and O–H groups in total. The third-order valence-corrected chi connectivity index (χ3v) is 3.54. The maximum Gasteiger partial charge on any atom is 0.336 e. The molecule has 0 radical (unpaired) electrons. The zero-order chi connectivity index (χ0) is 14.7. The van der Waals surface area contributed by atoms with Crippen molar-refractivity contribution >= 4 is 5.97 Å². The molecular formula is C15H16N2O4. The first-order valence-electron chi connectivity index (χ1n) is 7.01. The second-order valence-electron chi connectivity index (χ2n) is 5.06. The van der Waals surface area contributed by atoms with Crippen LogP contribution < -0.4 is 0 Å². The number of aromatic nitrogens is 2. The molecule has 1 fully saturated rings. The lowest BCUT2D eigenvalue weighted by Gasteiger charge is -2.20. The number of benzene rings is 1. The Bertz CT molecular complexity index is 632. The van der Waals surface area contributed by atoms with Crippen LogP contribution in [0.1, 0.15) is 35.4 Å². The first-order valence-corrected chi connectivity index (χ1v) is 7.01. The summed E-state index contributed by atoms with van der Waals surface area (Å²) in [4.78, 5) is 15.5. The lowest BCUT2D eigenvalue weighted by Crippen LogP contribution is -2.21. The maximum absolute atomic E-state index is 11.2. The van der Waals surface area contributed by atoms with Crippen LogP contribution >= 0.6 is 0 Å². The topological polar surface area (TPSA) is 85.5 Å². The quantitative estimate of drug-likeness (QED) is 0.930. The van der Waals surface area contributed by atoms with Crippen LogP contribution in [-0.2, 0) is 11.2 Å². The van der Waals surface area contributed by atoms with Crippen LogP contribution in [0.25, 0.3) is 11.5 Å². The van der Waals surface area contributed by atoms with Crippen molar-refractivity contribution in [3.63, 3.8) is 0 Å². The highest BCUT2D eigenvalue weighted by Gasteiger charge is 2.20. The van der Waals surface area contributed by atoms with Gasteiger partial charge in [0.1, 0.15) is 0 Å². The molecule has 1 aromatic carbocycles.